The van der Waals surface area contributed by atoms with Crippen LogP contribution in [0.1, 0.15) is 48.6 Å². The van der Waals surface area contributed by atoms with E-state index in [1.807, 2.05) is 0 Å². The van der Waals surface area contributed by atoms with Gasteiger partial charge in [-0.1, -0.05) is 39.0 Å². The van der Waals surface area contributed by atoms with Gasteiger partial charge in [-0.05, 0) is 47.9 Å². The van der Waals surface area contributed by atoms with Gasteiger partial charge in [-0.2, -0.15) is 0 Å². The summed E-state index contributed by atoms with van der Waals surface area (Å²) in [4.78, 5) is 0. The maximum atomic E-state index is 12.0. The first-order valence-corrected chi connectivity index (χ1v) is 16.0. The average Bonchev–Trinajstić information content (AvgIpc) is 3.12. The van der Waals surface area contributed by atoms with Crippen molar-refractivity contribution in [3.8, 4) is 86.2 Å². The van der Waals surface area contributed by atoms with Crippen LogP contribution < -0.4 is 0 Å². The quantitative estimate of drug-likeness (QED) is 0.110. The van der Waals surface area contributed by atoms with E-state index in [1.54, 1.807) is 0 Å². The Morgan fingerprint density at radius 2 is 0.611 bits per heavy atom. The Morgan fingerprint density at radius 3 is 0.944 bits per heavy atom. The van der Waals surface area contributed by atoms with Crippen LogP contribution in [0.25, 0.3) is 0 Å². The van der Waals surface area contributed by atoms with Crippen LogP contribution in [0, 0.1) is 5.41 Å². The largest absolute Gasteiger partial charge is 0.504 e. The van der Waals surface area contributed by atoms with Crippen molar-refractivity contribution in [2.45, 2.75) is 37.2 Å². The van der Waals surface area contributed by atoms with Crippen molar-refractivity contribution in [2.24, 2.45) is 5.41 Å². The van der Waals surface area contributed by atoms with E-state index >= 15 is 0 Å². The molecular formula is C38H36O16. The maximum Gasteiger partial charge on any atom is 0.200 e. The molecule has 284 valence electrons. The third-order valence-electron chi connectivity index (χ3n) is 11.0. The molecule has 1 aliphatic heterocycles. The van der Waals surface area contributed by atoms with E-state index in [1.165, 1.54) is 20.8 Å². The van der Waals surface area contributed by atoms with Crippen molar-refractivity contribution in [2.75, 3.05) is 6.61 Å². The predicted octanol–water partition coefficient (Wildman–Crippen LogP) is 4.51. The molecule has 54 heavy (non-hydrogen) atoms. The Labute approximate surface area is 305 Å². The summed E-state index contributed by atoms with van der Waals surface area (Å²) in [5.41, 5.74) is -12.5. The zero-order valence-corrected chi connectivity index (χ0v) is 28.6. The van der Waals surface area contributed by atoms with Crippen LogP contribution in [0.5, 0.6) is 86.2 Å². The summed E-state index contributed by atoms with van der Waals surface area (Å²) in [5.74, 6) is -15.9. The fourth-order valence-corrected chi connectivity index (χ4v) is 8.16. The number of hydrogen-bond acceptors (Lipinski definition) is 16. The van der Waals surface area contributed by atoms with Crippen molar-refractivity contribution < 1.29 is 81.3 Å². The summed E-state index contributed by atoms with van der Waals surface area (Å²) in [6.45, 7) is 3.87. The summed E-state index contributed by atoms with van der Waals surface area (Å²) in [5, 5.41) is 168. The van der Waals surface area contributed by atoms with E-state index in [0.29, 0.717) is 0 Å². The van der Waals surface area contributed by atoms with E-state index in [2.05, 4.69) is 0 Å². The minimum atomic E-state index is -2.94. The molecule has 0 amide bonds. The molecule has 0 radical (unpaired) electrons. The number of phenolic OH excluding ortho intramolecular Hbond substituents is 15. The second kappa shape index (κ2) is 11.8. The minimum Gasteiger partial charge on any atom is -0.504 e. The molecule has 5 aromatic carbocycles. The van der Waals surface area contributed by atoms with Gasteiger partial charge in [0.05, 0.1) is 12.0 Å². The Kier molecular flexibility index (Phi) is 8.04. The molecule has 0 bridgehead atoms. The van der Waals surface area contributed by atoms with E-state index < -0.39 is 137 Å². The molecule has 1 atom stereocenters. The van der Waals surface area contributed by atoms with Crippen molar-refractivity contribution in [1.29, 1.82) is 0 Å². The smallest absolute Gasteiger partial charge is 0.200 e. The first-order valence-electron chi connectivity index (χ1n) is 16.0. The zero-order valence-electron chi connectivity index (χ0n) is 28.6. The lowest BCUT2D eigenvalue weighted by molar-refractivity contribution is -0.195. The Bertz CT molecular complexity index is 2250. The Morgan fingerprint density at radius 1 is 0.352 bits per heavy atom. The lowest BCUT2D eigenvalue weighted by Gasteiger charge is -2.68. The normalized spacial score (nSPS) is 18.6. The van der Waals surface area contributed by atoms with Crippen molar-refractivity contribution in [3.63, 3.8) is 0 Å². The molecule has 1 unspecified atom stereocenters. The molecule has 5 aromatic rings. The SMILES string of the molecule is CC1(C)COC(c2ccc(O)c(O)c2O)(c2ccc(O)c(O)c2O)C(c2ccc(O)c(O)c2O)(c2ccc(O)c(O)c2O)C1(C)c1ccc(O)c(O)c1O. The number of phenols is 15. The Hall–Kier alpha value is -6.94. The average molecular weight is 749 g/mol. The number of hydrogen-bond donors (Lipinski definition) is 15. The van der Waals surface area contributed by atoms with Gasteiger partial charge in [0.15, 0.2) is 57.5 Å². The Balaban J connectivity index is 2.11. The van der Waals surface area contributed by atoms with Gasteiger partial charge in [-0.3, -0.25) is 0 Å². The van der Waals surface area contributed by atoms with Gasteiger partial charge in [0.1, 0.15) is 5.60 Å². The number of rotatable bonds is 5. The number of aromatic hydroxyl groups is 15. The van der Waals surface area contributed by atoms with Crippen LogP contribution in [0.4, 0.5) is 0 Å². The van der Waals surface area contributed by atoms with Crippen LogP contribution >= 0.6 is 0 Å². The highest BCUT2D eigenvalue weighted by Crippen LogP contribution is 2.76. The van der Waals surface area contributed by atoms with Crippen molar-refractivity contribution in [1.82, 2.24) is 0 Å². The van der Waals surface area contributed by atoms with Gasteiger partial charge in [-0.15, -0.1) is 0 Å². The molecule has 16 heteroatoms. The third kappa shape index (κ3) is 4.33. The third-order valence-corrected chi connectivity index (χ3v) is 11.0. The molecule has 1 heterocycles. The van der Waals surface area contributed by atoms with Crippen LogP contribution in [-0.4, -0.2) is 83.2 Å². The monoisotopic (exact) mass is 748 g/mol. The molecule has 1 saturated heterocycles. The molecule has 1 aliphatic rings. The van der Waals surface area contributed by atoms with E-state index in [0.717, 1.165) is 60.7 Å². The molecule has 15 N–H and O–H groups in total. The highest BCUT2D eigenvalue weighted by molar-refractivity contribution is 5.75. The number of benzene rings is 5. The van der Waals surface area contributed by atoms with Gasteiger partial charge < -0.3 is 81.3 Å². The highest BCUT2D eigenvalue weighted by atomic mass is 16.5. The van der Waals surface area contributed by atoms with Gasteiger partial charge in [-0.25, -0.2) is 0 Å². The van der Waals surface area contributed by atoms with Crippen LogP contribution in [0.2, 0.25) is 0 Å². The van der Waals surface area contributed by atoms with Crippen LogP contribution in [0.3, 0.4) is 0 Å². The maximum absolute atomic E-state index is 12.0. The van der Waals surface area contributed by atoms with Gasteiger partial charge >= 0.3 is 0 Å². The van der Waals surface area contributed by atoms with Crippen molar-refractivity contribution >= 4 is 0 Å². The molecule has 0 aliphatic carbocycles. The fraction of sp³-hybridized carbons (Fsp3) is 0.211. The summed E-state index contributed by atoms with van der Waals surface area (Å²) in [6.07, 6.45) is 0. The van der Waals surface area contributed by atoms with Crippen LogP contribution in [-0.2, 0) is 21.2 Å². The van der Waals surface area contributed by atoms with Crippen LogP contribution in [0.15, 0.2) is 60.7 Å². The summed E-state index contributed by atoms with van der Waals surface area (Å²) < 4.78 is 6.78. The molecule has 1 fully saturated rings. The molecule has 6 rings (SSSR count). The molecular weight excluding hydrogens is 712 g/mol. The molecule has 0 saturated carbocycles. The summed E-state index contributed by atoms with van der Waals surface area (Å²) in [7, 11) is 0. The van der Waals surface area contributed by atoms with E-state index in [9.17, 15) is 76.6 Å². The lowest BCUT2D eigenvalue weighted by Crippen LogP contribution is -2.72. The fourth-order valence-electron chi connectivity index (χ4n) is 8.16. The summed E-state index contributed by atoms with van der Waals surface area (Å²) in [6, 6.07) is 9.57. The predicted molar refractivity (Wildman–Crippen MR) is 186 cm³/mol. The minimum absolute atomic E-state index is 0.348. The first kappa shape index (κ1) is 36.8. The lowest BCUT2D eigenvalue weighted by atomic mass is 9.38. The topological polar surface area (TPSA) is 313 Å². The molecule has 16 nitrogen and oxygen atoms in total. The van der Waals surface area contributed by atoms with Gasteiger partial charge in [0.2, 0.25) is 28.7 Å². The standard InChI is InChI=1S/C38H36O16/c1-35(2)14-54-38(18-7-12-23(42)33(52)28(18)47,19-8-13-24(43)34(53)29(19)48)37(16-5-10-21(40)31(50)26(16)45,17-6-11-22(41)32(51)27(17)46)36(35,3)15-4-9-20(39)30(49)25(15)44/h4-13,39-53H,14H2,1-3H3. The highest BCUT2D eigenvalue weighted by Gasteiger charge is 2.76. The van der Waals surface area contributed by atoms with E-state index in [-0.39, 0.29) is 5.56 Å². The van der Waals surface area contributed by atoms with Crippen molar-refractivity contribution in [3.05, 3.63) is 88.5 Å². The zero-order chi connectivity index (χ0) is 40.0. The van der Waals surface area contributed by atoms with Gasteiger partial charge in [0.25, 0.3) is 0 Å². The molecule has 0 spiro atoms. The first-order chi connectivity index (χ1) is 25.1. The second-order valence-corrected chi connectivity index (χ2v) is 13.9. The second-order valence-electron chi connectivity index (χ2n) is 13.9. The summed E-state index contributed by atoms with van der Waals surface area (Å²) >= 11 is 0. The van der Waals surface area contributed by atoms with E-state index in [4.69, 9.17) is 4.74 Å². The van der Waals surface area contributed by atoms with Gasteiger partial charge in [0, 0.05) is 33.2 Å². The number of ether oxygens (including phenoxy) is 1. The molecule has 0 aromatic heterocycles.